The van der Waals surface area contributed by atoms with Crippen molar-refractivity contribution >= 4 is 23.2 Å². The molecule has 5 heteroatoms. The second-order valence-corrected chi connectivity index (χ2v) is 5.87. The number of alkyl halides is 3. The predicted molar refractivity (Wildman–Crippen MR) is 101 cm³/mol. The summed E-state index contributed by atoms with van der Waals surface area (Å²) in [5, 5.41) is 2.57. The lowest BCUT2D eigenvalue weighted by Gasteiger charge is -2.12. The molecule has 0 aromatic heterocycles. The summed E-state index contributed by atoms with van der Waals surface area (Å²) in [5.74, 6) is -0.482. The Labute approximate surface area is 155 Å². The van der Waals surface area contributed by atoms with E-state index in [2.05, 4.69) is 5.32 Å². The second kappa shape index (κ2) is 7.91. The summed E-state index contributed by atoms with van der Waals surface area (Å²) >= 11 is 0. The van der Waals surface area contributed by atoms with Gasteiger partial charge in [-0.3, -0.25) is 4.79 Å². The van der Waals surface area contributed by atoms with Crippen LogP contribution in [-0.4, -0.2) is 5.91 Å². The Bertz CT molecular complexity index is 948. The predicted octanol–water partition coefficient (Wildman–Crippen LogP) is 5.88. The molecule has 2 nitrogen and oxygen atoms in total. The number of benzene rings is 3. The van der Waals surface area contributed by atoms with Gasteiger partial charge in [0.05, 0.1) is 5.56 Å². The van der Waals surface area contributed by atoms with Gasteiger partial charge in [0.15, 0.2) is 0 Å². The number of halogens is 3. The average Bonchev–Trinajstić information content (AvgIpc) is 2.67. The van der Waals surface area contributed by atoms with Gasteiger partial charge in [0.2, 0.25) is 0 Å². The number of amides is 1. The summed E-state index contributed by atoms with van der Waals surface area (Å²) in [6, 6.07) is 22.8. The molecule has 0 fully saturated rings. The third kappa shape index (κ3) is 4.85. The summed E-state index contributed by atoms with van der Waals surface area (Å²) in [4.78, 5) is 12.8. The highest BCUT2D eigenvalue weighted by Crippen LogP contribution is 2.31. The highest BCUT2D eigenvalue weighted by molar-refractivity contribution is 6.29. The molecule has 0 saturated heterocycles. The van der Waals surface area contributed by atoms with Crippen molar-refractivity contribution in [3.8, 4) is 0 Å². The second-order valence-electron chi connectivity index (χ2n) is 5.87. The van der Waals surface area contributed by atoms with Crippen molar-refractivity contribution in [3.63, 3.8) is 0 Å². The van der Waals surface area contributed by atoms with Gasteiger partial charge in [-0.15, -0.1) is 0 Å². The van der Waals surface area contributed by atoms with Crippen LogP contribution in [0.5, 0.6) is 0 Å². The van der Waals surface area contributed by atoms with E-state index in [1.165, 1.54) is 12.1 Å². The molecule has 1 N–H and O–H groups in total. The lowest BCUT2D eigenvalue weighted by molar-refractivity contribution is -0.137. The quantitative estimate of drug-likeness (QED) is 0.452. The fraction of sp³-hybridized carbons (Fsp3) is 0.0455. The maximum atomic E-state index is 12.9. The minimum atomic E-state index is -4.47. The number of carbonyl (C=O) groups excluding carboxylic acids is 1. The van der Waals surface area contributed by atoms with Crippen molar-refractivity contribution in [2.45, 2.75) is 6.18 Å². The Balaban J connectivity index is 1.94. The zero-order chi connectivity index (χ0) is 19.3. The maximum absolute atomic E-state index is 12.9. The van der Waals surface area contributed by atoms with Crippen LogP contribution in [0.25, 0.3) is 11.6 Å². The summed E-state index contributed by atoms with van der Waals surface area (Å²) < 4.78 is 38.7. The number of hydrogen-bond acceptors (Lipinski definition) is 1. The van der Waals surface area contributed by atoms with Crippen LogP contribution in [0.2, 0.25) is 0 Å². The first-order valence-corrected chi connectivity index (χ1v) is 8.24. The van der Waals surface area contributed by atoms with E-state index in [0.29, 0.717) is 11.1 Å². The molecule has 0 radical (unpaired) electrons. The number of hydrogen-bond donors (Lipinski definition) is 1. The van der Waals surface area contributed by atoms with E-state index in [-0.39, 0.29) is 5.69 Å². The normalized spacial score (nSPS) is 11.9. The lowest BCUT2D eigenvalue weighted by atomic mass is 10.0. The van der Waals surface area contributed by atoms with Crippen molar-refractivity contribution in [1.82, 2.24) is 0 Å². The maximum Gasteiger partial charge on any atom is 0.416 e. The molecule has 3 aromatic rings. The highest BCUT2D eigenvalue weighted by atomic mass is 19.4. The van der Waals surface area contributed by atoms with Crippen molar-refractivity contribution in [2.24, 2.45) is 0 Å². The van der Waals surface area contributed by atoms with Gasteiger partial charge in [0.1, 0.15) is 0 Å². The van der Waals surface area contributed by atoms with E-state index in [9.17, 15) is 18.0 Å². The van der Waals surface area contributed by atoms with Gasteiger partial charge in [-0.1, -0.05) is 66.7 Å². The van der Waals surface area contributed by atoms with Gasteiger partial charge < -0.3 is 5.32 Å². The molecule has 0 bridgehead atoms. The van der Waals surface area contributed by atoms with E-state index in [1.807, 2.05) is 36.4 Å². The summed E-state index contributed by atoms with van der Waals surface area (Å²) in [6.07, 6.45) is -2.76. The highest BCUT2D eigenvalue weighted by Gasteiger charge is 2.30. The molecule has 0 aliphatic rings. The standard InChI is InChI=1S/C22H16F3NO/c23-22(24,25)18-12-7-13-19(15-18)26-21(27)20(17-10-5-2-6-11-17)14-16-8-3-1-4-9-16/h1-15H,(H,26,27). The van der Waals surface area contributed by atoms with Crippen LogP contribution in [0.4, 0.5) is 18.9 Å². The Morgan fingerprint density at radius 1 is 0.815 bits per heavy atom. The average molecular weight is 367 g/mol. The van der Waals surface area contributed by atoms with Gasteiger partial charge in [-0.25, -0.2) is 0 Å². The molecule has 0 aliphatic heterocycles. The molecule has 3 aromatic carbocycles. The number of anilines is 1. The first kappa shape index (κ1) is 18.5. The Hall–Kier alpha value is -3.34. The minimum Gasteiger partial charge on any atom is -0.322 e. The van der Waals surface area contributed by atoms with E-state index in [4.69, 9.17) is 0 Å². The SMILES string of the molecule is O=C(Nc1cccc(C(F)(F)F)c1)C(=Cc1ccccc1)c1ccccc1. The van der Waals surface area contributed by atoms with Crippen LogP contribution >= 0.6 is 0 Å². The smallest absolute Gasteiger partial charge is 0.322 e. The van der Waals surface area contributed by atoms with Crippen molar-refractivity contribution < 1.29 is 18.0 Å². The number of rotatable bonds is 4. The Morgan fingerprint density at radius 3 is 2.07 bits per heavy atom. The first-order valence-electron chi connectivity index (χ1n) is 8.24. The third-order valence-corrected chi connectivity index (χ3v) is 3.89. The van der Waals surface area contributed by atoms with Crippen LogP contribution in [-0.2, 0) is 11.0 Å². The van der Waals surface area contributed by atoms with E-state index >= 15 is 0 Å². The summed E-state index contributed by atoms with van der Waals surface area (Å²) in [7, 11) is 0. The molecule has 3 rings (SSSR count). The van der Waals surface area contributed by atoms with Crippen LogP contribution in [0.3, 0.4) is 0 Å². The molecule has 0 saturated carbocycles. The summed E-state index contributed by atoms with van der Waals surface area (Å²) in [6.45, 7) is 0. The molecular weight excluding hydrogens is 351 g/mol. The molecule has 0 spiro atoms. The monoisotopic (exact) mass is 367 g/mol. The van der Waals surface area contributed by atoms with Crippen LogP contribution < -0.4 is 5.32 Å². The van der Waals surface area contributed by atoms with E-state index in [0.717, 1.165) is 17.7 Å². The first-order chi connectivity index (χ1) is 12.9. The minimum absolute atomic E-state index is 0.0877. The van der Waals surface area contributed by atoms with E-state index in [1.54, 1.807) is 30.3 Å². The van der Waals surface area contributed by atoms with Gasteiger partial charge in [-0.2, -0.15) is 13.2 Å². The molecule has 0 atom stereocenters. The fourth-order valence-electron chi connectivity index (χ4n) is 2.59. The van der Waals surface area contributed by atoms with Crippen LogP contribution in [0.1, 0.15) is 16.7 Å². The fourth-order valence-corrected chi connectivity index (χ4v) is 2.59. The van der Waals surface area contributed by atoms with Crippen LogP contribution in [0.15, 0.2) is 84.9 Å². The molecule has 136 valence electrons. The zero-order valence-corrected chi connectivity index (χ0v) is 14.2. The number of carbonyl (C=O) groups is 1. The van der Waals surface area contributed by atoms with Gasteiger partial charge in [0.25, 0.3) is 5.91 Å². The van der Waals surface area contributed by atoms with E-state index < -0.39 is 17.6 Å². The van der Waals surface area contributed by atoms with Crippen molar-refractivity contribution in [2.75, 3.05) is 5.32 Å². The topological polar surface area (TPSA) is 29.1 Å². The Morgan fingerprint density at radius 2 is 1.44 bits per heavy atom. The van der Waals surface area contributed by atoms with Crippen molar-refractivity contribution in [3.05, 3.63) is 102 Å². The summed E-state index contributed by atoms with van der Waals surface area (Å²) in [5.41, 5.74) is 1.12. The largest absolute Gasteiger partial charge is 0.416 e. The van der Waals surface area contributed by atoms with Crippen molar-refractivity contribution in [1.29, 1.82) is 0 Å². The van der Waals surface area contributed by atoms with Gasteiger partial charge in [-0.05, 0) is 35.4 Å². The van der Waals surface area contributed by atoms with Crippen LogP contribution in [0, 0.1) is 0 Å². The Kier molecular flexibility index (Phi) is 5.41. The molecular formula is C22H16F3NO. The van der Waals surface area contributed by atoms with Gasteiger partial charge in [0, 0.05) is 11.3 Å². The molecule has 0 unspecified atom stereocenters. The number of nitrogens with one attached hydrogen (secondary N) is 1. The lowest BCUT2D eigenvalue weighted by Crippen LogP contribution is -2.14. The molecule has 0 heterocycles. The zero-order valence-electron chi connectivity index (χ0n) is 14.2. The molecule has 1 amide bonds. The molecule has 27 heavy (non-hydrogen) atoms. The van der Waals surface area contributed by atoms with Gasteiger partial charge >= 0.3 is 6.18 Å². The molecule has 0 aliphatic carbocycles. The third-order valence-electron chi connectivity index (χ3n) is 3.89.